The van der Waals surface area contributed by atoms with E-state index in [1.165, 1.54) is 30.5 Å². The lowest BCUT2D eigenvalue weighted by atomic mass is 10.1. The quantitative estimate of drug-likeness (QED) is 0.594. The smallest absolute Gasteiger partial charge is 0.319 e. The van der Waals surface area contributed by atoms with E-state index in [2.05, 4.69) is 21.3 Å². The third-order valence-electron chi connectivity index (χ3n) is 3.76. The van der Waals surface area contributed by atoms with Crippen molar-refractivity contribution in [3.05, 3.63) is 47.4 Å². The van der Waals surface area contributed by atoms with E-state index in [-0.39, 0.29) is 29.5 Å². The molecule has 1 fully saturated rings. The minimum atomic E-state index is -0.787. The van der Waals surface area contributed by atoms with Crippen molar-refractivity contribution >= 4 is 46.7 Å². The number of furan rings is 1. The van der Waals surface area contributed by atoms with Crippen LogP contribution in [0.15, 0.2) is 41.0 Å². The largest absolute Gasteiger partial charge is 0.459 e. The van der Waals surface area contributed by atoms with Gasteiger partial charge in [-0.2, -0.15) is 0 Å². The molecule has 2 heterocycles. The molecule has 1 aromatic heterocycles. The van der Waals surface area contributed by atoms with Crippen molar-refractivity contribution in [2.24, 2.45) is 0 Å². The van der Waals surface area contributed by atoms with Crippen molar-refractivity contribution < 1.29 is 23.6 Å². The second kappa shape index (κ2) is 7.92. The Balaban J connectivity index is 1.58. The summed E-state index contributed by atoms with van der Waals surface area (Å²) in [5.41, 5.74) is 0.704. The zero-order valence-corrected chi connectivity index (χ0v) is 14.6. The van der Waals surface area contributed by atoms with E-state index in [1.807, 2.05) is 0 Å². The maximum absolute atomic E-state index is 12.0. The van der Waals surface area contributed by atoms with Crippen LogP contribution in [0.2, 0.25) is 5.02 Å². The summed E-state index contributed by atoms with van der Waals surface area (Å²) in [7, 11) is 0. The monoisotopic (exact) mass is 390 g/mol. The highest BCUT2D eigenvalue weighted by molar-refractivity contribution is 6.34. The molecule has 0 saturated carbocycles. The van der Waals surface area contributed by atoms with Gasteiger partial charge < -0.3 is 20.4 Å². The highest BCUT2D eigenvalue weighted by atomic mass is 35.5. The van der Waals surface area contributed by atoms with Gasteiger partial charge in [0.2, 0.25) is 11.8 Å². The van der Waals surface area contributed by atoms with Crippen molar-refractivity contribution in [2.75, 3.05) is 10.6 Å². The maximum atomic E-state index is 12.0. The Bertz CT molecular complexity index is 897. The summed E-state index contributed by atoms with van der Waals surface area (Å²) in [6.45, 7) is 0. The maximum Gasteiger partial charge on any atom is 0.319 e. The molecular weight excluding hydrogens is 376 g/mol. The van der Waals surface area contributed by atoms with E-state index in [9.17, 15) is 19.2 Å². The highest BCUT2D eigenvalue weighted by Crippen LogP contribution is 2.26. The Morgan fingerprint density at radius 2 is 2.00 bits per heavy atom. The van der Waals surface area contributed by atoms with Crippen molar-refractivity contribution in [3.63, 3.8) is 0 Å². The lowest BCUT2D eigenvalue weighted by molar-refractivity contribution is -0.134. The summed E-state index contributed by atoms with van der Waals surface area (Å²) in [5.74, 6) is -1.23. The number of urea groups is 1. The van der Waals surface area contributed by atoms with E-state index < -0.39 is 23.9 Å². The summed E-state index contributed by atoms with van der Waals surface area (Å²) in [4.78, 5) is 46.7. The first kappa shape index (κ1) is 18.5. The molecule has 5 amide bonds. The van der Waals surface area contributed by atoms with Crippen LogP contribution >= 0.6 is 11.6 Å². The average molecular weight is 391 g/mol. The van der Waals surface area contributed by atoms with Crippen molar-refractivity contribution in [2.45, 2.75) is 18.9 Å². The Hall–Kier alpha value is -3.33. The third kappa shape index (κ3) is 4.64. The van der Waals surface area contributed by atoms with Gasteiger partial charge in [0.05, 0.1) is 17.0 Å². The van der Waals surface area contributed by atoms with Gasteiger partial charge in [-0.05, 0) is 36.8 Å². The first-order chi connectivity index (χ1) is 12.9. The van der Waals surface area contributed by atoms with Gasteiger partial charge in [-0.15, -0.1) is 0 Å². The van der Waals surface area contributed by atoms with E-state index >= 15 is 0 Å². The fourth-order valence-electron chi connectivity index (χ4n) is 2.44. The van der Waals surface area contributed by atoms with Crippen LogP contribution in [-0.4, -0.2) is 29.8 Å². The summed E-state index contributed by atoms with van der Waals surface area (Å²) in [6.07, 6.45) is 1.77. The van der Waals surface area contributed by atoms with Crippen LogP contribution < -0.4 is 21.3 Å². The van der Waals surface area contributed by atoms with Crippen molar-refractivity contribution in [1.29, 1.82) is 0 Å². The van der Waals surface area contributed by atoms with Gasteiger partial charge in [0.25, 0.3) is 5.91 Å². The highest BCUT2D eigenvalue weighted by Gasteiger charge is 2.27. The summed E-state index contributed by atoms with van der Waals surface area (Å²) >= 11 is 6.13. The normalized spacial score (nSPS) is 16.4. The van der Waals surface area contributed by atoms with E-state index in [1.54, 1.807) is 6.07 Å². The number of halogens is 1. The van der Waals surface area contributed by atoms with Crippen molar-refractivity contribution in [3.8, 4) is 0 Å². The molecule has 0 bridgehead atoms. The van der Waals surface area contributed by atoms with Crippen LogP contribution in [0.4, 0.5) is 16.2 Å². The first-order valence-corrected chi connectivity index (χ1v) is 8.36. The molecule has 9 nitrogen and oxygen atoms in total. The van der Waals surface area contributed by atoms with Crippen LogP contribution in [0, 0.1) is 0 Å². The number of hydrogen-bond donors (Lipinski definition) is 4. The van der Waals surface area contributed by atoms with Gasteiger partial charge >= 0.3 is 6.03 Å². The van der Waals surface area contributed by atoms with Crippen LogP contribution in [0.5, 0.6) is 0 Å². The van der Waals surface area contributed by atoms with Crippen LogP contribution in [0.25, 0.3) is 0 Å². The Kier molecular flexibility index (Phi) is 5.41. The SMILES string of the molecule is O=C1CC[C@@H](NC(=O)Nc2ccc(NC(=O)c3ccco3)c(Cl)c2)C(=O)N1. The Morgan fingerprint density at radius 3 is 2.67 bits per heavy atom. The van der Waals surface area contributed by atoms with E-state index in [4.69, 9.17) is 16.0 Å². The zero-order chi connectivity index (χ0) is 19.4. The third-order valence-corrected chi connectivity index (χ3v) is 4.08. The van der Waals surface area contributed by atoms with Crippen LogP contribution in [0.1, 0.15) is 23.4 Å². The number of hydrogen-bond acceptors (Lipinski definition) is 5. The molecule has 27 heavy (non-hydrogen) atoms. The molecule has 1 atom stereocenters. The number of nitrogens with one attached hydrogen (secondary N) is 4. The van der Waals surface area contributed by atoms with E-state index in [0.717, 1.165) is 0 Å². The van der Waals surface area contributed by atoms with Crippen LogP contribution in [-0.2, 0) is 9.59 Å². The number of amides is 5. The van der Waals surface area contributed by atoms with Crippen molar-refractivity contribution in [1.82, 2.24) is 10.6 Å². The van der Waals surface area contributed by atoms with E-state index in [0.29, 0.717) is 11.4 Å². The molecule has 1 saturated heterocycles. The second-order valence-corrected chi connectivity index (χ2v) is 6.14. The fraction of sp³-hybridized carbons (Fsp3) is 0.176. The first-order valence-electron chi connectivity index (χ1n) is 7.98. The molecule has 0 spiro atoms. The molecule has 1 aliphatic heterocycles. The molecule has 0 radical (unpaired) electrons. The predicted molar refractivity (Wildman–Crippen MR) is 96.4 cm³/mol. The van der Waals surface area contributed by atoms with Gasteiger partial charge in [-0.3, -0.25) is 19.7 Å². The molecule has 0 aliphatic carbocycles. The molecule has 3 rings (SSSR count). The summed E-state index contributed by atoms with van der Waals surface area (Å²) < 4.78 is 5.00. The fourth-order valence-corrected chi connectivity index (χ4v) is 2.67. The van der Waals surface area contributed by atoms with Gasteiger partial charge in [0.1, 0.15) is 6.04 Å². The molecular formula is C17H15ClN4O5. The Morgan fingerprint density at radius 1 is 1.19 bits per heavy atom. The van der Waals surface area contributed by atoms with Crippen LogP contribution in [0.3, 0.4) is 0 Å². The predicted octanol–water partition coefficient (Wildman–Crippen LogP) is 2.11. The molecule has 10 heteroatoms. The van der Waals surface area contributed by atoms with Gasteiger partial charge in [-0.25, -0.2) is 4.79 Å². The van der Waals surface area contributed by atoms with Gasteiger partial charge in [0, 0.05) is 12.1 Å². The standard InChI is InChI=1S/C17H15ClN4O5/c18-10-8-9(3-4-11(10)20-16(25)13-2-1-7-27-13)19-17(26)21-12-5-6-14(23)22-15(12)24/h1-4,7-8,12H,5-6H2,(H,20,25)(H2,19,21,26)(H,22,23,24)/t12-/m1/s1. The molecule has 2 aromatic rings. The molecule has 0 unspecified atom stereocenters. The van der Waals surface area contributed by atoms with Gasteiger partial charge in [-0.1, -0.05) is 11.6 Å². The molecule has 4 N–H and O–H groups in total. The minimum absolute atomic E-state index is 0.136. The molecule has 140 valence electrons. The average Bonchev–Trinajstić information content (AvgIpc) is 3.14. The molecule has 1 aromatic carbocycles. The minimum Gasteiger partial charge on any atom is -0.459 e. The second-order valence-electron chi connectivity index (χ2n) is 5.73. The lowest BCUT2D eigenvalue weighted by Gasteiger charge is -2.22. The number of carbonyl (C=O) groups is 4. The number of carbonyl (C=O) groups excluding carboxylic acids is 4. The lowest BCUT2D eigenvalue weighted by Crippen LogP contribution is -2.53. The zero-order valence-electron chi connectivity index (χ0n) is 13.9. The topological polar surface area (TPSA) is 130 Å². The number of imide groups is 1. The Labute approximate surface area is 158 Å². The summed E-state index contributed by atoms with van der Waals surface area (Å²) in [5, 5.41) is 9.97. The summed E-state index contributed by atoms with van der Waals surface area (Å²) in [6, 6.07) is 6.20. The number of anilines is 2. The van der Waals surface area contributed by atoms with Gasteiger partial charge in [0.15, 0.2) is 5.76 Å². The number of benzene rings is 1. The number of piperidine rings is 1. The molecule has 1 aliphatic rings. The number of rotatable bonds is 4.